The topological polar surface area (TPSA) is 78.1 Å². The van der Waals surface area contributed by atoms with Crippen LogP contribution in [0.4, 0.5) is 0 Å². The fourth-order valence-electron chi connectivity index (χ4n) is 3.61. The van der Waals surface area contributed by atoms with Crippen LogP contribution in [0.5, 0.6) is 0 Å². The van der Waals surface area contributed by atoms with E-state index in [2.05, 4.69) is 15.3 Å². The van der Waals surface area contributed by atoms with Gasteiger partial charge in [0.25, 0.3) is 5.91 Å². The molecular weight excluding hydrogens is 340 g/mol. The largest absolute Gasteiger partial charge is 0.341 e. The summed E-state index contributed by atoms with van der Waals surface area (Å²) in [4.78, 5) is 34.0. The number of aromatic nitrogens is 2. The first-order chi connectivity index (χ1) is 12.0. The minimum Gasteiger partial charge on any atom is -0.341 e. The van der Waals surface area contributed by atoms with Crippen molar-refractivity contribution in [2.45, 2.75) is 38.6 Å². The molecule has 1 aliphatic heterocycles. The molecule has 4 rings (SSSR count). The van der Waals surface area contributed by atoms with Crippen LogP contribution in [0.25, 0.3) is 11.0 Å². The number of carbonyl (C=O) groups excluding carboxylic acids is 2. The Balaban J connectivity index is 1.40. The predicted molar refractivity (Wildman–Crippen MR) is 95.5 cm³/mol. The van der Waals surface area contributed by atoms with Gasteiger partial charge in [0.1, 0.15) is 17.4 Å². The number of rotatable bonds is 3. The molecule has 1 atom stereocenters. The minimum absolute atomic E-state index is 0.0175. The molecule has 132 valence electrons. The summed E-state index contributed by atoms with van der Waals surface area (Å²) >= 11 is 6.11. The lowest BCUT2D eigenvalue weighted by Gasteiger charge is -2.33. The second-order valence-corrected chi connectivity index (χ2v) is 7.67. The average Bonchev–Trinajstić information content (AvgIpc) is 3.20. The highest BCUT2D eigenvalue weighted by atomic mass is 35.5. The quantitative estimate of drug-likeness (QED) is 0.883. The molecule has 1 spiro atoms. The highest BCUT2D eigenvalue weighted by Gasteiger charge is 2.45. The van der Waals surface area contributed by atoms with Gasteiger partial charge in [0.2, 0.25) is 5.91 Å². The van der Waals surface area contributed by atoms with Crippen LogP contribution in [0, 0.1) is 5.41 Å². The number of likely N-dealkylation sites (tertiary alicyclic amines) is 1. The molecule has 0 bridgehead atoms. The van der Waals surface area contributed by atoms with Crippen molar-refractivity contribution < 1.29 is 9.59 Å². The second-order valence-electron chi connectivity index (χ2n) is 7.26. The lowest BCUT2D eigenvalue weighted by atomic mass is 9.93. The molecule has 0 radical (unpaired) electrons. The number of halogens is 1. The first kappa shape index (κ1) is 16.4. The number of H-pyrrole nitrogens is 1. The zero-order valence-electron chi connectivity index (χ0n) is 14.1. The molecule has 2 amide bonds. The molecule has 1 aliphatic carbocycles. The van der Waals surface area contributed by atoms with Crippen LogP contribution in [0.1, 0.15) is 43.1 Å². The van der Waals surface area contributed by atoms with Gasteiger partial charge in [0.05, 0.1) is 5.02 Å². The van der Waals surface area contributed by atoms with Gasteiger partial charge in [-0.05, 0) is 50.2 Å². The number of hydrogen-bond acceptors (Lipinski definition) is 3. The van der Waals surface area contributed by atoms with Gasteiger partial charge in [-0.1, -0.05) is 11.6 Å². The Morgan fingerprint density at radius 3 is 2.68 bits per heavy atom. The van der Waals surface area contributed by atoms with E-state index in [1.807, 2.05) is 4.90 Å². The van der Waals surface area contributed by atoms with Crippen molar-refractivity contribution in [3.63, 3.8) is 0 Å². The number of hydrogen-bond donors (Lipinski definition) is 2. The van der Waals surface area contributed by atoms with E-state index in [-0.39, 0.29) is 11.8 Å². The highest BCUT2D eigenvalue weighted by molar-refractivity contribution is 6.35. The Labute approximate surface area is 150 Å². The molecule has 7 heteroatoms. The van der Waals surface area contributed by atoms with Crippen LogP contribution in [0.2, 0.25) is 5.02 Å². The second kappa shape index (κ2) is 6.02. The summed E-state index contributed by atoms with van der Waals surface area (Å²) in [6.45, 7) is 3.32. The molecule has 2 aromatic rings. The van der Waals surface area contributed by atoms with Crippen LogP contribution in [0.3, 0.4) is 0 Å². The van der Waals surface area contributed by atoms with Gasteiger partial charge in [-0.15, -0.1) is 0 Å². The predicted octanol–water partition coefficient (Wildman–Crippen LogP) is 2.74. The lowest BCUT2D eigenvalue weighted by molar-refractivity contribution is -0.134. The highest BCUT2D eigenvalue weighted by Crippen LogP contribution is 2.53. The number of carbonyl (C=O) groups is 2. The molecule has 6 nitrogen and oxygen atoms in total. The van der Waals surface area contributed by atoms with Gasteiger partial charge in [0.15, 0.2) is 0 Å². The number of fused-ring (bicyclic) bond motifs is 1. The molecule has 1 saturated carbocycles. The third-order valence-electron chi connectivity index (χ3n) is 5.53. The average molecular weight is 361 g/mol. The number of piperidine rings is 1. The molecule has 2 N–H and O–H groups in total. The van der Waals surface area contributed by atoms with Crippen molar-refractivity contribution in [3.05, 3.63) is 29.0 Å². The van der Waals surface area contributed by atoms with E-state index >= 15 is 0 Å². The third kappa shape index (κ3) is 3.11. The Morgan fingerprint density at radius 1 is 1.32 bits per heavy atom. The molecule has 0 unspecified atom stereocenters. The molecule has 2 aromatic heterocycles. The molecule has 0 aromatic carbocycles. The van der Waals surface area contributed by atoms with E-state index < -0.39 is 6.04 Å². The molecule has 1 saturated heterocycles. The number of aromatic amines is 1. The van der Waals surface area contributed by atoms with Gasteiger partial charge in [0, 0.05) is 24.7 Å². The lowest BCUT2D eigenvalue weighted by Crippen LogP contribution is -2.49. The monoisotopic (exact) mass is 360 g/mol. The Bertz CT molecular complexity index is 833. The van der Waals surface area contributed by atoms with Crippen LogP contribution >= 0.6 is 11.6 Å². The molecular formula is C18H21ClN4O2. The van der Waals surface area contributed by atoms with E-state index in [9.17, 15) is 9.59 Å². The molecule has 25 heavy (non-hydrogen) atoms. The van der Waals surface area contributed by atoms with E-state index in [1.54, 1.807) is 25.3 Å². The van der Waals surface area contributed by atoms with Gasteiger partial charge in [-0.3, -0.25) is 9.59 Å². The summed E-state index contributed by atoms with van der Waals surface area (Å²) in [5, 5.41) is 4.01. The van der Waals surface area contributed by atoms with Crippen LogP contribution in [0.15, 0.2) is 18.3 Å². The normalized spacial score (nSPS) is 19.8. The maximum atomic E-state index is 12.6. The fourth-order valence-corrected chi connectivity index (χ4v) is 3.81. The first-order valence-corrected chi connectivity index (χ1v) is 9.08. The SMILES string of the molecule is C[C@@H](NC(=O)c1cc2c(Cl)ccnc2[nH]1)C(=O)N1CCC2(CC1)CC2. The van der Waals surface area contributed by atoms with E-state index in [1.165, 1.54) is 12.8 Å². The van der Waals surface area contributed by atoms with E-state index in [4.69, 9.17) is 11.6 Å². The first-order valence-electron chi connectivity index (χ1n) is 8.70. The molecule has 2 aliphatic rings. The number of nitrogens with zero attached hydrogens (tertiary/aromatic N) is 2. The smallest absolute Gasteiger partial charge is 0.268 e. The van der Waals surface area contributed by atoms with Crippen molar-refractivity contribution in [2.24, 2.45) is 5.41 Å². The summed E-state index contributed by atoms with van der Waals surface area (Å²) in [6, 6.07) is 2.78. The van der Waals surface area contributed by atoms with Crippen LogP contribution in [-0.4, -0.2) is 45.8 Å². The van der Waals surface area contributed by atoms with Gasteiger partial charge < -0.3 is 15.2 Å². The standard InChI is InChI=1S/C18H21ClN4O2/c1-11(17(25)23-8-5-18(3-4-18)6-9-23)21-16(24)14-10-12-13(19)2-7-20-15(12)22-14/h2,7,10-11H,3-6,8-9H2,1H3,(H,20,22)(H,21,24)/t11-/m1/s1. The Kier molecular flexibility index (Phi) is 3.95. The Morgan fingerprint density at radius 2 is 2.04 bits per heavy atom. The third-order valence-corrected chi connectivity index (χ3v) is 5.86. The number of nitrogens with one attached hydrogen (secondary N) is 2. The van der Waals surface area contributed by atoms with Crippen LogP contribution < -0.4 is 5.32 Å². The van der Waals surface area contributed by atoms with Crippen molar-refractivity contribution >= 4 is 34.4 Å². The van der Waals surface area contributed by atoms with E-state index in [0.29, 0.717) is 27.2 Å². The van der Waals surface area contributed by atoms with Gasteiger partial charge in [-0.25, -0.2) is 4.98 Å². The van der Waals surface area contributed by atoms with Crippen LogP contribution in [-0.2, 0) is 4.79 Å². The summed E-state index contributed by atoms with van der Waals surface area (Å²) in [7, 11) is 0. The summed E-state index contributed by atoms with van der Waals surface area (Å²) < 4.78 is 0. The fraction of sp³-hybridized carbons (Fsp3) is 0.500. The zero-order valence-corrected chi connectivity index (χ0v) is 14.9. The van der Waals surface area contributed by atoms with Gasteiger partial charge >= 0.3 is 0 Å². The van der Waals surface area contributed by atoms with Crippen molar-refractivity contribution in [1.29, 1.82) is 0 Å². The van der Waals surface area contributed by atoms with Gasteiger partial charge in [-0.2, -0.15) is 0 Å². The number of amides is 2. The molecule has 3 heterocycles. The summed E-state index contributed by atoms with van der Waals surface area (Å²) in [5.41, 5.74) is 1.44. The van der Waals surface area contributed by atoms with Crippen molar-refractivity contribution in [2.75, 3.05) is 13.1 Å². The molecule has 2 fully saturated rings. The maximum Gasteiger partial charge on any atom is 0.268 e. The van der Waals surface area contributed by atoms with E-state index in [0.717, 1.165) is 25.9 Å². The van der Waals surface area contributed by atoms with Crippen molar-refractivity contribution in [1.82, 2.24) is 20.2 Å². The zero-order chi connectivity index (χ0) is 17.6. The van der Waals surface area contributed by atoms with Crippen molar-refractivity contribution in [3.8, 4) is 0 Å². The summed E-state index contributed by atoms with van der Waals surface area (Å²) in [5.74, 6) is -0.346. The summed E-state index contributed by atoms with van der Waals surface area (Å²) in [6.07, 6.45) is 6.37. The maximum absolute atomic E-state index is 12.6. The number of pyridine rings is 1. The Hall–Kier alpha value is -2.08. The minimum atomic E-state index is -0.560.